The highest BCUT2D eigenvalue weighted by Crippen LogP contribution is 2.44. The van der Waals surface area contributed by atoms with Gasteiger partial charge in [-0.05, 0) is 82.0 Å². The third kappa shape index (κ3) is 5.91. The number of carbonyl (C=O) groups excluding carboxylic acids is 1. The normalized spacial score (nSPS) is 37.1. The fraction of sp³-hybridized carbons (Fsp3) is 0.963. The van der Waals surface area contributed by atoms with Crippen molar-refractivity contribution in [2.45, 2.75) is 107 Å². The Morgan fingerprint density at radius 2 is 1.42 bits per heavy atom. The van der Waals surface area contributed by atoms with Crippen LogP contribution in [0.25, 0.3) is 0 Å². The van der Waals surface area contributed by atoms with E-state index >= 15 is 0 Å². The monoisotopic (exact) mass is 562 g/mol. The van der Waals surface area contributed by atoms with E-state index in [1.165, 1.54) is 0 Å². The lowest BCUT2D eigenvalue weighted by Gasteiger charge is -2.43. The van der Waals surface area contributed by atoms with Crippen LogP contribution in [0.1, 0.15) is 84.0 Å². The van der Waals surface area contributed by atoms with Crippen molar-refractivity contribution in [1.82, 2.24) is 19.6 Å². The van der Waals surface area contributed by atoms with E-state index in [4.69, 9.17) is 0 Å². The lowest BCUT2D eigenvalue weighted by Crippen LogP contribution is -2.51. The Morgan fingerprint density at radius 3 is 2.03 bits per heavy atom. The largest absolute Gasteiger partial charge is 0.406 e. The van der Waals surface area contributed by atoms with E-state index in [1.54, 1.807) is 14.2 Å². The fourth-order valence-corrected chi connectivity index (χ4v) is 9.87. The van der Waals surface area contributed by atoms with Gasteiger partial charge in [-0.15, -0.1) is 0 Å². The van der Waals surface area contributed by atoms with Gasteiger partial charge >= 0.3 is 6.18 Å². The molecule has 1 N–H and O–H groups in total. The number of nitrogens with one attached hydrogen (secondary N) is 1. The van der Waals surface area contributed by atoms with Crippen molar-refractivity contribution in [3.63, 3.8) is 0 Å². The summed E-state index contributed by atoms with van der Waals surface area (Å²) >= 11 is 0. The molecule has 1 aliphatic carbocycles. The average Bonchev–Trinajstić information content (AvgIpc) is 3.07. The molecule has 0 aromatic heterocycles. The van der Waals surface area contributed by atoms with Gasteiger partial charge < -0.3 is 4.90 Å². The molecule has 0 bridgehead atoms. The summed E-state index contributed by atoms with van der Waals surface area (Å²) in [5.41, 5.74) is 2.68. The highest BCUT2D eigenvalue weighted by atomic mass is 32.2. The predicted molar refractivity (Wildman–Crippen MR) is 139 cm³/mol. The molecular formula is C27H45F3N4O3S. The molecular weight excluding hydrogens is 517 g/mol. The number of halogens is 3. The topological polar surface area (TPSA) is 73.0 Å². The van der Waals surface area contributed by atoms with Gasteiger partial charge in [0.05, 0.1) is 11.2 Å². The third-order valence-corrected chi connectivity index (χ3v) is 12.6. The van der Waals surface area contributed by atoms with Crippen molar-refractivity contribution in [2.75, 3.05) is 32.7 Å². The highest BCUT2D eigenvalue weighted by molar-refractivity contribution is 7.89. The van der Waals surface area contributed by atoms with E-state index < -0.39 is 34.2 Å². The Labute approximate surface area is 225 Å². The Morgan fingerprint density at radius 1 is 0.816 bits per heavy atom. The smallest absolute Gasteiger partial charge is 0.342 e. The van der Waals surface area contributed by atoms with Crippen LogP contribution >= 0.6 is 0 Å². The van der Waals surface area contributed by atoms with Gasteiger partial charge in [0.2, 0.25) is 15.9 Å². The van der Waals surface area contributed by atoms with Crippen molar-refractivity contribution in [3.8, 4) is 0 Å². The van der Waals surface area contributed by atoms with Gasteiger partial charge in [-0.2, -0.15) is 13.2 Å². The first-order valence-electron chi connectivity index (χ1n) is 14.9. The zero-order valence-corrected chi connectivity index (χ0v) is 23.5. The number of carbonyl (C=O) groups is 1. The summed E-state index contributed by atoms with van der Waals surface area (Å²) in [5, 5.41) is 1.42. The van der Waals surface area contributed by atoms with Crippen LogP contribution in [0.2, 0.25) is 0 Å². The maximum absolute atomic E-state index is 14.1. The molecule has 218 valence electrons. The van der Waals surface area contributed by atoms with Crippen LogP contribution in [0.4, 0.5) is 13.2 Å². The average molecular weight is 563 g/mol. The van der Waals surface area contributed by atoms with Crippen molar-refractivity contribution < 1.29 is 26.4 Å². The quantitative estimate of drug-likeness (QED) is 0.557. The second-order valence-electron chi connectivity index (χ2n) is 12.6. The number of nitrogens with zero attached hydrogens (tertiary/aromatic N) is 3. The van der Waals surface area contributed by atoms with Crippen molar-refractivity contribution in [2.24, 2.45) is 23.7 Å². The predicted octanol–water partition coefficient (Wildman–Crippen LogP) is 4.16. The number of likely N-dealkylation sites (tertiary alicyclic amines) is 1. The lowest BCUT2D eigenvalue weighted by molar-refractivity contribution is -0.172. The van der Waals surface area contributed by atoms with Crippen LogP contribution in [0.5, 0.6) is 0 Å². The first-order chi connectivity index (χ1) is 18.1. The minimum Gasteiger partial charge on any atom is -0.342 e. The summed E-state index contributed by atoms with van der Waals surface area (Å²) in [7, 11) is -3.30. The molecule has 1 saturated carbocycles. The number of hydrogen-bond donors (Lipinski definition) is 1. The molecule has 5 aliphatic rings. The van der Waals surface area contributed by atoms with E-state index in [0.29, 0.717) is 45.1 Å². The molecule has 11 heteroatoms. The second-order valence-corrected chi connectivity index (χ2v) is 14.8. The first kappa shape index (κ1) is 28.6. The number of hydrogen-bond acceptors (Lipinski definition) is 5. The van der Waals surface area contributed by atoms with Crippen LogP contribution in [-0.2, 0) is 14.8 Å². The highest BCUT2D eigenvalue weighted by Gasteiger charge is 2.59. The molecule has 1 amide bonds. The van der Waals surface area contributed by atoms with Crippen molar-refractivity contribution in [3.05, 3.63) is 0 Å². The SMILES string of the molecule is CC1CCC(S(=O)(=O)N2CCC(C3CCN4NC(C(F)(F)F)C(C(=O)N5CCCCCC5)C4C3)CC2)CC1. The molecule has 4 saturated heterocycles. The van der Waals surface area contributed by atoms with Gasteiger partial charge in [0.25, 0.3) is 0 Å². The number of amides is 1. The number of alkyl halides is 3. The molecule has 5 rings (SSSR count). The Hall–Kier alpha value is -0.910. The summed E-state index contributed by atoms with van der Waals surface area (Å²) in [6, 6.07) is -2.31. The fourth-order valence-electron chi connectivity index (χ4n) is 7.86. The molecule has 0 spiro atoms. The van der Waals surface area contributed by atoms with Gasteiger partial charge in [0, 0.05) is 38.8 Å². The van der Waals surface area contributed by atoms with Crippen LogP contribution in [0, 0.1) is 23.7 Å². The van der Waals surface area contributed by atoms with E-state index in [0.717, 1.165) is 70.6 Å². The number of fused-ring (bicyclic) bond motifs is 1. The molecule has 0 aromatic rings. The van der Waals surface area contributed by atoms with E-state index in [-0.39, 0.29) is 23.0 Å². The Bertz CT molecular complexity index is 924. The van der Waals surface area contributed by atoms with Crippen LogP contribution in [0.3, 0.4) is 0 Å². The molecule has 4 atom stereocenters. The number of piperidine rings is 2. The molecule has 38 heavy (non-hydrogen) atoms. The van der Waals surface area contributed by atoms with Crippen molar-refractivity contribution in [1.29, 1.82) is 0 Å². The van der Waals surface area contributed by atoms with E-state index in [1.807, 2.05) is 0 Å². The summed E-state index contributed by atoms with van der Waals surface area (Å²) in [6.07, 6.45) is 5.47. The molecule has 7 nitrogen and oxygen atoms in total. The van der Waals surface area contributed by atoms with E-state index in [9.17, 15) is 26.4 Å². The maximum atomic E-state index is 14.1. The molecule has 0 aromatic carbocycles. The van der Waals surface area contributed by atoms with Gasteiger partial charge in [0.1, 0.15) is 6.04 Å². The first-order valence-corrected chi connectivity index (χ1v) is 16.4. The van der Waals surface area contributed by atoms with Crippen LogP contribution < -0.4 is 5.43 Å². The number of rotatable bonds is 4. The molecule has 4 heterocycles. The minimum absolute atomic E-state index is 0.213. The number of sulfonamides is 1. The van der Waals surface area contributed by atoms with Gasteiger partial charge in [-0.25, -0.2) is 23.2 Å². The van der Waals surface area contributed by atoms with Crippen LogP contribution in [0.15, 0.2) is 0 Å². The minimum atomic E-state index is -4.49. The second kappa shape index (κ2) is 11.5. The number of hydrazine groups is 1. The lowest BCUT2D eigenvalue weighted by atomic mass is 9.74. The van der Waals surface area contributed by atoms with E-state index in [2.05, 4.69) is 12.3 Å². The Balaban J connectivity index is 1.24. The zero-order valence-electron chi connectivity index (χ0n) is 22.7. The Kier molecular flexibility index (Phi) is 8.68. The summed E-state index contributed by atoms with van der Waals surface area (Å²) in [5.74, 6) is -0.378. The van der Waals surface area contributed by atoms with Crippen molar-refractivity contribution >= 4 is 15.9 Å². The molecule has 4 unspecified atom stereocenters. The molecule has 4 aliphatic heterocycles. The summed E-state index contributed by atoms with van der Waals surface area (Å²) in [6.45, 7) is 4.77. The summed E-state index contributed by atoms with van der Waals surface area (Å²) < 4.78 is 70.6. The zero-order chi connectivity index (χ0) is 27.1. The van der Waals surface area contributed by atoms with Crippen LogP contribution in [-0.4, -0.2) is 84.8 Å². The molecule has 5 fully saturated rings. The maximum Gasteiger partial charge on any atom is 0.406 e. The van der Waals surface area contributed by atoms with Gasteiger partial charge in [-0.1, -0.05) is 19.8 Å². The van der Waals surface area contributed by atoms with Gasteiger partial charge in [-0.3, -0.25) is 4.79 Å². The van der Waals surface area contributed by atoms with Gasteiger partial charge in [0.15, 0.2) is 0 Å². The molecule has 0 radical (unpaired) electrons. The third-order valence-electron chi connectivity index (χ3n) is 10.2. The standard InChI is InChI=1S/C27H45F3N4O3S/c1-19-6-8-22(9-7-19)38(36,37)33-15-10-20(11-16-33)21-12-17-34-23(18-21)24(25(31-34)27(28,29)30)26(35)32-13-4-2-3-5-14-32/h19-25,31H,2-18H2,1H3. The summed E-state index contributed by atoms with van der Waals surface area (Å²) in [4.78, 5) is 15.2.